The van der Waals surface area contributed by atoms with Crippen molar-refractivity contribution in [1.29, 1.82) is 0 Å². The third-order valence-corrected chi connectivity index (χ3v) is 5.49. The summed E-state index contributed by atoms with van der Waals surface area (Å²) in [7, 11) is 0. The van der Waals surface area contributed by atoms with E-state index in [-0.39, 0.29) is 11.8 Å². The van der Waals surface area contributed by atoms with Gasteiger partial charge in [0.05, 0.1) is 16.3 Å². The van der Waals surface area contributed by atoms with Crippen LogP contribution in [0.25, 0.3) is 0 Å². The molecule has 2 heterocycles. The number of ether oxygens (including phenoxy) is 1. The highest BCUT2D eigenvalue weighted by Crippen LogP contribution is 2.26. The minimum absolute atomic E-state index is 0.115. The SMILES string of the molecule is Cc1nc(COc2ccccc2C(=O)Nc2cccc(N3CCCC3=O)c2)cs1. The molecule has 4 rings (SSSR count). The fourth-order valence-electron chi connectivity index (χ4n) is 3.28. The lowest BCUT2D eigenvalue weighted by molar-refractivity contribution is -0.117. The first-order valence-corrected chi connectivity index (χ1v) is 10.3. The van der Waals surface area contributed by atoms with E-state index in [0.29, 0.717) is 36.6 Å². The molecule has 1 aliphatic heterocycles. The van der Waals surface area contributed by atoms with Crippen LogP contribution in [0, 0.1) is 6.92 Å². The van der Waals surface area contributed by atoms with Gasteiger partial charge in [0.2, 0.25) is 5.91 Å². The second-order valence-corrected chi connectivity index (χ2v) is 7.86. The molecule has 7 heteroatoms. The Bertz CT molecular complexity index is 1050. The lowest BCUT2D eigenvalue weighted by Crippen LogP contribution is -2.23. The summed E-state index contributed by atoms with van der Waals surface area (Å²) < 4.78 is 5.84. The van der Waals surface area contributed by atoms with Crippen LogP contribution < -0.4 is 15.0 Å². The second kappa shape index (κ2) is 8.45. The van der Waals surface area contributed by atoms with Crippen LogP contribution in [0.15, 0.2) is 53.9 Å². The predicted octanol–water partition coefficient (Wildman–Crippen LogP) is 4.41. The van der Waals surface area contributed by atoms with Crippen LogP contribution in [-0.2, 0) is 11.4 Å². The molecular weight excluding hydrogens is 386 g/mol. The van der Waals surface area contributed by atoms with Crippen molar-refractivity contribution in [3.8, 4) is 5.75 Å². The molecular formula is C22H21N3O3S. The van der Waals surface area contributed by atoms with E-state index < -0.39 is 0 Å². The molecule has 1 N–H and O–H groups in total. The molecule has 0 atom stereocenters. The topological polar surface area (TPSA) is 71.5 Å². The number of carbonyl (C=O) groups excluding carboxylic acids is 2. The number of nitrogens with zero attached hydrogens (tertiary/aromatic N) is 2. The Morgan fingerprint density at radius 3 is 2.86 bits per heavy atom. The number of aromatic nitrogens is 1. The van der Waals surface area contributed by atoms with E-state index in [4.69, 9.17) is 4.74 Å². The second-order valence-electron chi connectivity index (χ2n) is 6.80. The van der Waals surface area contributed by atoms with Crippen molar-refractivity contribution in [2.45, 2.75) is 26.4 Å². The maximum Gasteiger partial charge on any atom is 0.259 e. The predicted molar refractivity (Wildman–Crippen MR) is 114 cm³/mol. The van der Waals surface area contributed by atoms with Crippen LogP contribution in [0.2, 0.25) is 0 Å². The summed E-state index contributed by atoms with van der Waals surface area (Å²) in [5.41, 5.74) is 2.72. The number of rotatable bonds is 6. The molecule has 0 bridgehead atoms. The molecule has 29 heavy (non-hydrogen) atoms. The summed E-state index contributed by atoms with van der Waals surface area (Å²) in [6, 6.07) is 14.5. The quantitative estimate of drug-likeness (QED) is 0.657. The van der Waals surface area contributed by atoms with Gasteiger partial charge < -0.3 is 15.0 Å². The number of nitrogens with one attached hydrogen (secondary N) is 1. The van der Waals surface area contributed by atoms with Crippen molar-refractivity contribution in [1.82, 2.24) is 4.98 Å². The molecule has 0 radical (unpaired) electrons. The first-order chi connectivity index (χ1) is 14.1. The zero-order valence-corrected chi connectivity index (χ0v) is 16.9. The van der Waals surface area contributed by atoms with Crippen LogP contribution in [0.4, 0.5) is 11.4 Å². The van der Waals surface area contributed by atoms with Gasteiger partial charge in [-0.2, -0.15) is 0 Å². The minimum Gasteiger partial charge on any atom is -0.486 e. The largest absolute Gasteiger partial charge is 0.486 e. The van der Waals surface area contributed by atoms with Gasteiger partial charge in [-0.25, -0.2) is 4.98 Å². The summed E-state index contributed by atoms with van der Waals surface area (Å²) in [6.07, 6.45) is 1.43. The molecule has 1 saturated heterocycles. The number of anilines is 2. The fraction of sp³-hybridized carbons (Fsp3) is 0.227. The lowest BCUT2D eigenvalue weighted by Gasteiger charge is -2.17. The molecule has 148 valence electrons. The van der Waals surface area contributed by atoms with Crippen molar-refractivity contribution >= 4 is 34.5 Å². The van der Waals surface area contributed by atoms with Gasteiger partial charge in [0.15, 0.2) is 0 Å². The van der Waals surface area contributed by atoms with Gasteiger partial charge in [-0.1, -0.05) is 18.2 Å². The van der Waals surface area contributed by atoms with Gasteiger partial charge in [-0.15, -0.1) is 11.3 Å². The van der Waals surface area contributed by atoms with Crippen LogP contribution >= 0.6 is 11.3 Å². The van der Waals surface area contributed by atoms with E-state index in [1.807, 2.05) is 42.6 Å². The number of hydrogen-bond donors (Lipinski definition) is 1. The molecule has 3 aromatic rings. The van der Waals surface area contributed by atoms with Crippen molar-refractivity contribution in [2.24, 2.45) is 0 Å². The average Bonchev–Trinajstić information content (AvgIpc) is 3.34. The summed E-state index contributed by atoms with van der Waals surface area (Å²) in [4.78, 5) is 31.0. The van der Waals surface area contributed by atoms with Crippen LogP contribution in [0.5, 0.6) is 5.75 Å². The Balaban J connectivity index is 1.48. The number of benzene rings is 2. The lowest BCUT2D eigenvalue weighted by atomic mass is 10.1. The average molecular weight is 407 g/mol. The summed E-state index contributed by atoms with van der Waals surface area (Å²) in [6.45, 7) is 2.96. The first kappa shape index (κ1) is 19.1. The zero-order valence-electron chi connectivity index (χ0n) is 16.1. The number of thiazole rings is 1. The van der Waals surface area contributed by atoms with Crippen LogP contribution in [0.1, 0.15) is 33.9 Å². The zero-order chi connectivity index (χ0) is 20.2. The van der Waals surface area contributed by atoms with E-state index in [2.05, 4.69) is 10.3 Å². The van der Waals surface area contributed by atoms with E-state index in [0.717, 1.165) is 22.8 Å². The Hall–Kier alpha value is -3.19. The molecule has 1 fully saturated rings. The van der Waals surface area contributed by atoms with E-state index in [1.165, 1.54) is 0 Å². The summed E-state index contributed by atoms with van der Waals surface area (Å²) in [5.74, 6) is 0.353. The van der Waals surface area contributed by atoms with Crippen molar-refractivity contribution in [3.63, 3.8) is 0 Å². The van der Waals surface area contributed by atoms with Gasteiger partial charge in [-0.3, -0.25) is 9.59 Å². The van der Waals surface area contributed by atoms with Gasteiger partial charge in [-0.05, 0) is 43.7 Å². The molecule has 0 saturated carbocycles. The Morgan fingerprint density at radius 2 is 2.10 bits per heavy atom. The Kier molecular flexibility index (Phi) is 5.57. The van der Waals surface area contributed by atoms with Crippen LogP contribution in [0.3, 0.4) is 0 Å². The third-order valence-electron chi connectivity index (χ3n) is 4.66. The molecule has 6 nitrogen and oxygen atoms in total. The molecule has 2 aromatic carbocycles. The highest BCUT2D eigenvalue weighted by Gasteiger charge is 2.22. The number of aryl methyl sites for hydroxylation is 1. The number of amides is 2. The van der Waals surface area contributed by atoms with E-state index in [9.17, 15) is 9.59 Å². The monoisotopic (exact) mass is 407 g/mol. The molecule has 0 aliphatic carbocycles. The van der Waals surface area contributed by atoms with E-state index in [1.54, 1.807) is 34.4 Å². The Labute approximate surface area is 173 Å². The van der Waals surface area contributed by atoms with Gasteiger partial charge in [0, 0.05) is 29.7 Å². The van der Waals surface area contributed by atoms with Crippen molar-refractivity contribution in [3.05, 3.63) is 70.2 Å². The molecule has 0 spiro atoms. The van der Waals surface area contributed by atoms with Gasteiger partial charge >= 0.3 is 0 Å². The molecule has 2 amide bonds. The molecule has 1 aromatic heterocycles. The van der Waals surface area contributed by atoms with Gasteiger partial charge in [0.25, 0.3) is 5.91 Å². The van der Waals surface area contributed by atoms with Crippen molar-refractivity contribution in [2.75, 3.05) is 16.8 Å². The summed E-state index contributed by atoms with van der Waals surface area (Å²) in [5, 5.41) is 5.83. The van der Waals surface area contributed by atoms with E-state index >= 15 is 0 Å². The first-order valence-electron chi connectivity index (χ1n) is 9.45. The third kappa shape index (κ3) is 4.46. The van der Waals surface area contributed by atoms with Crippen LogP contribution in [-0.4, -0.2) is 23.3 Å². The normalized spacial score (nSPS) is 13.6. The number of hydrogen-bond acceptors (Lipinski definition) is 5. The smallest absolute Gasteiger partial charge is 0.259 e. The number of carbonyl (C=O) groups is 2. The van der Waals surface area contributed by atoms with Gasteiger partial charge in [0.1, 0.15) is 12.4 Å². The molecule has 0 unspecified atom stereocenters. The standard InChI is InChI=1S/C22H21N3O3S/c1-15-23-17(14-29-15)13-28-20-9-3-2-8-19(20)22(27)24-16-6-4-7-18(12-16)25-11-5-10-21(25)26/h2-4,6-9,12,14H,5,10-11,13H2,1H3,(H,24,27). The highest BCUT2D eigenvalue weighted by atomic mass is 32.1. The minimum atomic E-state index is -0.264. The fourth-order valence-corrected chi connectivity index (χ4v) is 3.87. The summed E-state index contributed by atoms with van der Waals surface area (Å²) >= 11 is 1.57. The maximum absolute atomic E-state index is 12.9. The number of para-hydroxylation sites is 1. The van der Waals surface area contributed by atoms with Crippen molar-refractivity contribution < 1.29 is 14.3 Å². The Morgan fingerprint density at radius 1 is 1.24 bits per heavy atom. The maximum atomic E-state index is 12.9. The molecule has 1 aliphatic rings. The highest BCUT2D eigenvalue weighted by molar-refractivity contribution is 7.09.